The van der Waals surface area contributed by atoms with E-state index in [1.807, 2.05) is 0 Å². The number of nitrogens with zero attached hydrogens (tertiary/aromatic N) is 2. The van der Waals surface area contributed by atoms with E-state index in [4.69, 9.17) is 4.74 Å². The van der Waals surface area contributed by atoms with Gasteiger partial charge < -0.3 is 9.64 Å². The smallest absolute Gasteiger partial charge is 0.186 e. The summed E-state index contributed by atoms with van der Waals surface area (Å²) in [5.74, 6) is 0.551. The molecule has 0 amide bonds. The van der Waals surface area contributed by atoms with Gasteiger partial charge in [0.1, 0.15) is 0 Å². The van der Waals surface area contributed by atoms with Crippen molar-refractivity contribution < 1.29 is 9.53 Å². The number of carbonyl (C=O) groups excluding carboxylic acids is 1. The summed E-state index contributed by atoms with van der Waals surface area (Å²) in [6.45, 7) is 8.88. The molecule has 1 aromatic rings. The van der Waals surface area contributed by atoms with Gasteiger partial charge in [-0.2, -0.15) is 0 Å². The molecule has 0 saturated carbocycles. The average molecular weight is 284 g/mol. The van der Waals surface area contributed by atoms with Gasteiger partial charge in [0.25, 0.3) is 0 Å². The monoisotopic (exact) mass is 284 g/mol. The second kappa shape index (κ2) is 8.27. The molecule has 0 N–H and O–H groups in total. The van der Waals surface area contributed by atoms with Crippen molar-refractivity contribution in [3.8, 4) is 0 Å². The van der Waals surface area contributed by atoms with Crippen molar-refractivity contribution in [1.82, 2.24) is 4.98 Å². The van der Waals surface area contributed by atoms with E-state index in [-0.39, 0.29) is 0 Å². The lowest BCUT2D eigenvalue weighted by Crippen LogP contribution is -2.30. The molecule has 0 saturated heterocycles. The Labute approximate surface area is 119 Å². The van der Waals surface area contributed by atoms with E-state index in [0.29, 0.717) is 12.5 Å². The highest BCUT2D eigenvalue weighted by atomic mass is 32.1. The number of carbonyl (C=O) groups is 1. The summed E-state index contributed by atoms with van der Waals surface area (Å²) >= 11 is 1.49. The van der Waals surface area contributed by atoms with Crippen LogP contribution in [-0.2, 0) is 11.2 Å². The van der Waals surface area contributed by atoms with Gasteiger partial charge in [-0.25, -0.2) is 4.98 Å². The molecule has 1 heterocycles. The molecule has 19 heavy (non-hydrogen) atoms. The zero-order valence-electron chi connectivity index (χ0n) is 12.3. The maximum absolute atomic E-state index is 11.1. The van der Waals surface area contributed by atoms with Crippen LogP contribution in [0.5, 0.6) is 0 Å². The lowest BCUT2D eigenvalue weighted by Gasteiger charge is -2.23. The number of hydrogen-bond acceptors (Lipinski definition) is 5. The lowest BCUT2D eigenvalue weighted by molar-refractivity contribution is 0.112. The Morgan fingerprint density at radius 3 is 2.74 bits per heavy atom. The van der Waals surface area contributed by atoms with Crippen LogP contribution in [0.2, 0.25) is 0 Å². The third kappa shape index (κ3) is 4.91. The fraction of sp³-hybridized carbons (Fsp3) is 0.714. The molecular formula is C14H24N2O2S. The first-order valence-electron chi connectivity index (χ1n) is 6.81. The van der Waals surface area contributed by atoms with E-state index in [9.17, 15) is 4.79 Å². The molecule has 108 valence electrons. The number of aldehydes is 1. The second-order valence-electron chi connectivity index (χ2n) is 5.01. The van der Waals surface area contributed by atoms with Crippen LogP contribution in [0.3, 0.4) is 0 Å². The first-order valence-corrected chi connectivity index (χ1v) is 7.62. The van der Waals surface area contributed by atoms with E-state index in [1.54, 1.807) is 7.11 Å². The summed E-state index contributed by atoms with van der Waals surface area (Å²) < 4.78 is 5.15. The lowest BCUT2D eigenvalue weighted by atomic mass is 10.2. The van der Waals surface area contributed by atoms with Gasteiger partial charge in [-0.15, -0.1) is 0 Å². The van der Waals surface area contributed by atoms with Gasteiger partial charge in [0, 0.05) is 20.2 Å². The molecule has 0 atom stereocenters. The Hall–Kier alpha value is -0.940. The third-order valence-electron chi connectivity index (χ3n) is 2.73. The molecule has 0 aliphatic heterocycles. The Bertz CT molecular complexity index is 391. The third-order valence-corrected chi connectivity index (χ3v) is 3.82. The molecule has 5 heteroatoms. The Morgan fingerprint density at radius 1 is 1.47 bits per heavy atom. The van der Waals surface area contributed by atoms with Crippen LogP contribution in [0.25, 0.3) is 0 Å². The van der Waals surface area contributed by atoms with Crippen LogP contribution in [0.15, 0.2) is 0 Å². The van der Waals surface area contributed by atoms with E-state index in [2.05, 4.69) is 30.7 Å². The van der Waals surface area contributed by atoms with E-state index in [1.165, 1.54) is 11.3 Å². The van der Waals surface area contributed by atoms with Crippen molar-refractivity contribution in [2.24, 2.45) is 5.92 Å². The Balaban J connectivity index is 2.90. The van der Waals surface area contributed by atoms with Gasteiger partial charge in [0.05, 0.1) is 17.2 Å². The molecule has 0 unspecified atom stereocenters. The normalized spacial score (nSPS) is 11.0. The first kappa shape index (κ1) is 16.1. The molecule has 4 nitrogen and oxygen atoms in total. The molecule has 1 rings (SSSR count). The van der Waals surface area contributed by atoms with Gasteiger partial charge >= 0.3 is 0 Å². The van der Waals surface area contributed by atoms with Crippen LogP contribution >= 0.6 is 11.3 Å². The van der Waals surface area contributed by atoms with Gasteiger partial charge in [-0.05, 0) is 12.3 Å². The predicted octanol–water partition coefficient (Wildman–Crippen LogP) is 3.02. The average Bonchev–Trinajstić information content (AvgIpc) is 2.77. The maximum atomic E-state index is 11.1. The topological polar surface area (TPSA) is 42.4 Å². The molecule has 0 fully saturated rings. The maximum Gasteiger partial charge on any atom is 0.186 e. The highest BCUT2D eigenvalue weighted by Gasteiger charge is 2.16. The minimum absolute atomic E-state index is 0.551. The molecule has 1 aromatic heterocycles. The van der Waals surface area contributed by atoms with Crippen LogP contribution in [0.4, 0.5) is 5.13 Å². The van der Waals surface area contributed by atoms with Crippen molar-refractivity contribution in [2.45, 2.75) is 33.6 Å². The minimum Gasteiger partial charge on any atom is -0.383 e. The van der Waals surface area contributed by atoms with Crippen LogP contribution in [0.1, 0.15) is 42.6 Å². The van der Waals surface area contributed by atoms with Crippen LogP contribution in [0, 0.1) is 5.92 Å². The van der Waals surface area contributed by atoms with Gasteiger partial charge in [0.2, 0.25) is 0 Å². The number of anilines is 1. The largest absolute Gasteiger partial charge is 0.383 e. The number of hydrogen-bond donors (Lipinski definition) is 0. The molecule has 0 aliphatic rings. The van der Waals surface area contributed by atoms with Gasteiger partial charge in [0.15, 0.2) is 11.4 Å². The number of ether oxygens (including phenoxy) is 1. The summed E-state index contributed by atoms with van der Waals surface area (Å²) in [5, 5.41) is 0.941. The summed E-state index contributed by atoms with van der Waals surface area (Å²) in [5.41, 5.74) is 0.934. The highest BCUT2D eigenvalue weighted by molar-refractivity contribution is 7.17. The van der Waals surface area contributed by atoms with E-state index in [0.717, 1.165) is 47.9 Å². The highest BCUT2D eigenvalue weighted by Crippen LogP contribution is 2.26. The number of aryl methyl sites for hydroxylation is 1. The molecule has 0 bridgehead atoms. The first-order chi connectivity index (χ1) is 9.12. The standard InChI is InChI=1S/C14H24N2O2S/c1-5-6-12-13(10-17)19-14(15-12)16(7-8-18-4)9-11(2)3/h10-11H,5-9H2,1-4H3. The Kier molecular flexibility index (Phi) is 7.02. The van der Waals surface area contributed by atoms with E-state index < -0.39 is 0 Å². The zero-order chi connectivity index (χ0) is 14.3. The fourth-order valence-electron chi connectivity index (χ4n) is 1.90. The quantitative estimate of drug-likeness (QED) is 0.654. The van der Waals surface area contributed by atoms with Crippen molar-refractivity contribution in [2.75, 3.05) is 31.7 Å². The summed E-state index contributed by atoms with van der Waals surface area (Å²) in [6.07, 6.45) is 2.80. The number of aromatic nitrogens is 1. The molecular weight excluding hydrogens is 260 g/mol. The van der Waals surface area contributed by atoms with Crippen molar-refractivity contribution in [1.29, 1.82) is 0 Å². The van der Waals surface area contributed by atoms with Crippen LogP contribution < -0.4 is 4.90 Å². The number of methoxy groups -OCH3 is 1. The van der Waals surface area contributed by atoms with E-state index >= 15 is 0 Å². The predicted molar refractivity (Wildman–Crippen MR) is 80.4 cm³/mol. The van der Waals surface area contributed by atoms with Gasteiger partial charge in [-0.1, -0.05) is 38.5 Å². The van der Waals surface area contributed by atoms with Crippen LogP contribution in [-0.4, -0.2) is 38.1 Å². The fourth-order valence-corrected chi connectivity index (χ4v) is 2.86. The molecule has 0 aromatic carbocycles. The van der Waals surface area contributed by atoms with Crippen molar-refractivity contribution >= 4 is 22.8 Å². The Morgan fingerprint density at radius 2 is 2.21 bits per heavy atom. The zero-order valence-corrected chi connectivity index (χ0v) is 13.1. The van der Waals surface area contributed by atoms with Crippen molar-refractivity contribution in [3.05, 3.63) is 10.6 Å². The molecule has 0 radical (unpaired) electrons. The number of rotatable bonds is 9. The summed E-state index contributed by atoms with van der Waals surface area (Å²) in [7, 11) is 1.70. The minimum atomic E-state index is 0.551. The second-order valence-corrected chi connectivity index (χ2v) is 6.02. The summed E-state index contributed by atoms with van der Waals surface area (Å²) in [4.78, 5) is 18.7. The van der Waals surface area contributed by atoms with Crippen molar-refractivity contribution in [3.63, 3.8) is 0 Å². The molecule has 0 aliphatic carbocycles. The molecule has 0 spiro atoms. The number of thiazole rings is 1. The summed E-state index contributed by atoms with van der Waals surface area (Å²) in [6, 6.07) is 0. The SMILES string of the molecule is CCCc1nc(N(CCOC)CC(C)C)sc1C=O. The van der Waals surface area contributed by atoms with Gasteiger partial charge in [-0.3, -0.25) is 4.79 Å².